The number of ether oxygens (including phenoxy) is 1. The molecule has 0 unspecified atom stereocenters. The van der Waals surface area contributed by atoms with Gasteiger partial charge in [-0.3, -0.25) is 14.5 Å². The molecule has 1 aliphatic rings. The van der Waals surface area contributed by atoms with Gasteiger partial charge in [0.1, 0.15) is 0 Å². The van der Waals surface area contributed by atoms with Crippen LogP contribution in [0.2, 0.25) is 0 Å². The summed E-state index contributed by atoms with van der Waals surface area (Å²) in [5.41, 5.74) is 3.31. The van der Waals surface area contributed by atoms with Gasteiger partial charge in [-0.05, 0) is 36.8 Å². The average molecular weight is 381 g/mol. The number of nitrogens with zero attached hydrogens (tertiary/aromatic N) is 1. The van der Waals surface area contributed by atoms with Gasteiger partial charge >= 0.3 is 0 Å². The number of aryl methyl sites for hydroxylation is 1. The summed E-state index contributed by atoms with van der Waals surface area (Å²) in [5, 5.41) is 5.83. The lowest BCUT2D eigenvalue weighted by Gasteiger charge is -2.26. The molecule has 1 aliphatic heterocycles. The lowest BCUT2D eigenvalue weighted by Crippen LogP contribution is -2.41. The fraction of sp³-hybridized carbons (Fsp3) is 0.364. The quantitative estimate of drug-likeness (QED) is 0.770. The highest BCUT2D eigenvalue weighted by Gasteiger charge is 2.12. The predicted octanol–water partition coefficient (Wildman–Crippen LogP) is 1.99. The fourth-order valence-electron chi connectivity index (χ4n) is 3.13. The monoisotopic (exact) mass is 381 g/mol. The zero-order valence-corrected chi connectivity index (χ0v) is 16.2. The molecule has 0 radical (unpaired) electrons. The molecular formula is C22H27N3O3. The smallest absolute Gasteiger partial charge is 0.251 e. The topological polar surface area (TPSA) is 70.7 Å². The molecule has 2 aromatic carbocycles. The first-order valence-corrected chi connectivity index (χ1v) is 9.64. The van der Waals surface area contributed by atoms with Gasteiger partial charge in [0.25, 0.3) is 11.8 Å². The van der Waals surface area contributed by atoms with Crippen LogP contribution in [0.1, 0.15) is 31.8 Å². The van der Waals surface area contributed by atoms with E-state index in [1.54, 1.807) is 24.3 Å². The van der Waals surface area contributed by atoms with Crippen LogP contribution in [0, 0.1) is 6.92 Å². The van der Waals surface area contributed by atoms with E-state index in [-0.39, 0.29) is 11.8 Å². The summed E-state index contributed by atoms with van der Waals surface area (Å²) in [6.07, 6.45) is 0. The first-order chi connectivity index (χ1) is 13.6. The zero-order valence-electron chi connectivity index (χ0n) is 16.2. The van der Waals surface area contributed by atoms with Crippen LogP contribution in [0.15, 0.2) is 48.5 Å². The van der Waals surface area contributed by atoms with E-state index in [0.717, 1.165) is 44.0 Å². The van der Waals surface area contributed by atoms with Gasteiger partial charge in [0, 0.05) is 43.9 Å². The van der Waals surface area contributed by atoms with Crippen molar-refractivity contribution in [1.29, 1.82) is 0 Å². The van der Waals surface area contributed by atoms with Crippen LogP contribution in [-0.2, 0) is 11.3 Å². The van der Waals surface area contributed by atoms with Crippen LogP contribution in [0.3, 0.4) is 0 Å². The number of nitrogens with one attached hydrogen (secondary N) is 2. The molecule has 28 heavy (non-hydrogen) atoms. The van der Waals surface area contributed by atoms with Gasteiger partial charge in [0.05, 0.1) is 13.2 Å². The maximum absolute atomic E-state index is 12.3. The molecule has 0 atom stereocenters. The Labute approximate surface area is 165 Å². The highest BCUT2D eigenvalue weighted by Crippen LogP contribution is 2.07. The summed E-state index contributed by atoms with van der Waals surface area (Å²) in [5.74, 6) is -0.277. The first kappa shape index (κ1) is 20.0. The van der Waals surface area contributed by atoms with Crippen molar-refractivity contribution in [3.63, 3.8) is 0 Å². The number of hydrogen-bond donors (Lipinski definition) is 2. The molecule has 0 saturated carbocycles. The number of carbonyl (C=O) groups is 2. The molecule has 1 heterocycles. The Morgan fingerprint density at radius 3 is 2.25 bits per heavy atom. The van der Waals surface area contributed by atoms with E-state index < -0.39 is 0 Å². The fourth-order valence-corrected chi connectivity index (χ4v) is 3.13. The second-order valence-corrected chi connectivity index (χ2v) is 6.96. The lowest BCUT2D eigenvalue weighted by atomic mass is 10.1. The maximum atomic E-state index is 12.3. The van der Waals surface area contributed by atoms with E-state index in [1.165, 1.54) is 0 Å². The van der Waals surface area contributed by atoms with Gasteiger partial charge in [0.15, 0.2) is 0 Å². The van der Waals surface area contributed by atoms with Gasteiger partial charge in [-0.25, -0.2) is 0 Å². The summed E-state index contributed by atoms with van der Waals surface area (Å²) >= 11 is 0. The minimum absolute atomic E-state index is 0.125. The number of morpholine rings is 1. The van der Waals surface area contributed by atoms with Crippen LogP contribution >= 0.6 is 0 Å². The van der Waals surface area contributed by atoms with Crippen LogP contribution < -0.4 is 10.6 Å². The van der Waals surface area contributed by atoms with Crippen molar-refractivity contribution in [1.82, 2.24) is 15.5 Å². The molecule has 0 bridgehead atoms. The molecular weight excluding hydrogens is 354 g/mol. The van der Waals surface area contributed by atoms with Gasteiger partial charge in [-0.2, -0.15) is 0 Å². The van der Waals surface area contributed by atoms with Crippen molar-refractivity contribution in [2.45, 2.75) is 13.5 Å². The Morgan fingerprint density at radius 1 is 0.964 bits per heavy atom. The van der Waals surface area contributed by atoms with Crippen LogP contribution in [0.25, 0.3) is 0 Å². The van der Waals surface area contributed by atoms with E-state index in [0.29, 0.717) is 24.2 Å². The van der Waals surface area contributed by atoms with Crippen molar-refractivity contribution in [2.75, 3.05) is 39.4 Å². The van der Waals surface area contributed by atoms with Crippen molar-refractivity contribution in [2.24, 2.45) is 0 Å². The summed E-state index contributed by atoms with van der Waals surface area (Å²) in [7, 11) is 0. The highest BCUT2D eigenvalue weighted by atomic mass is 16.5. The number of benzene rings is 2. The number of rotatable bonds is 7. The van der Waals surface area contributed by atoms with E-state index in [9.17, 15) is 9.59 Å². The van der Waals surface area contributed by atoms with E-state index in [4.69, 9.17) is 4.74 Å². The Kier molecular flexibility index (Phi) is 7.17. The Hall–Kier alpha value is -2.70. The third-order valence-corrected chi connectivity index (χ3v) is 4.76. The van der Waals surface area contributed by atoms with Gasteiger partial charge < -0.3 is 15.4 Å². The summed E-state index contributed by atoms with van der Waals surface area (Å²) in [4.78, 5) is 26.8. The van der Waals surface area contributed by atoms with E-state index in [2.05, 4.69) is 15.5 Å². The number of carbonyl (C=O) groups excluding carboxylic acids is 2. The normalized spacial score (nSPS) is 14.5. The third kappa shape index (κ3) is 5.90. The molecule has 2 amide bonds. The van der Waals surface area contributed by atoms with Gasteiger partial charge in [-0.1, -0.05) is 29.8 Å². The molecule has 3 rings (SSSR count). The molecule has 6 nitrogen and oxygen atoms in total. The molecule has 1 fully saturated rings. The summed E-state index contributed by atoms with van der Waals surface area (Å²) in [6.45, 7) is 7.22. The SMILES string of the molecule is Cc1cccc(CNC(=O)c2ccc(C(=O)NCCN3CCOCC3)cc2)c1. The number of amides is 2. The van der Waals surface area contributed by atoms with Crippen LogP contribution in [-0.4, -0.2) is 56.1 Å². The summed E-state index contributed by atoms with van der Waals surface area (Å²) < 4.78 is 5.31. The molecule has 2 aromatic rings. The zero-order chi connectivity index (χ0) is 19.8. The lowest BCUT2D eigenvalue weighted by molar-refractivity contribution is 0.0383. The van der Waals surface area contributed by atoms with Gasteiger partial charge in [0.2, 0.25) is 0 Å². The van der Waals surface area contributed by atoms with E-state index >= 15 is 0 Å². The second kappa shape index (κ2) is 10.0. The molecule has 1 saturated heterocycles. The maximum Gasteiger partial charge on any atom is 0.251 e. The molecule has 0 aliphatic carbocycles. The summed E-state index contributed by atoms with van der Waals surface area (Å²) in [6, 6.07) is 14.8. The average Bonchev–Trinajstić information content (AvgIpc) is 2.73. The van der Waals surface area contributed by atoms with Crippen molar-refractivity contribution >= 4 is 11.8 Å². The molecule has 2 N–H and O–H groups in total. The van der Waals surface area contributed by atoms with Crippen molar-refractivity contribution in [3.05, 3.63) is 70.8 Å². The minimum atomic E-state index is -0.152. The predicted molar refractivity (Wildman–Crippen MR) is 108 cm³/mol. The van der Waals surface area contributed by atoms with Crippen molar-refractivity contribution < 1.29 is 14.3 Å². The second-order valence-electron chi connectivity index (χ2n) is 6.96. The van der Waals surface area contributed by atoms with Crippen LogP contribution in [0.4, 0.5) is 0 Å². The molecule has 0 spiro atoms. The standard InChI is InChI=1S/C22H27N3O3/c1-17-3-2-4-18(15-17)16-24-22(27)20-7-5-19(6-8-20)21(26)23-9-10-25-11-13-28-14-12-25/h2-8,15H,9-14,16H2,1H3,(H,23,26)(H,24,27). The first-order valence-electron chi connectivity index (χ1n) is 9.64. The largest absolute Gasteiger partial charge is 0.379 e. The Bertz CT molecular complexity index is 799. The highest BCUT2D eigenvalue weighted by molar-refractivity contribution is 5.97. The Balaban J connectivity index is 1.45. The minimum Gasteiger partial charge on any atom is -0.379 e. The van der Waals surface area contributed by atoms with Crippen molar-refractivity contribution in [3.8, 4) is 0 Å². The third-order valence-electron chi connectivity index (χ3n) is 4.76. The molecule has 0 aromatic heterocycles. The van der Waals surface area contributed by atoms with E-state index in [1.807, 2.05) is 31.2 Å². The molecule has 148 valence electrons. The van der Waals surface area contributed by atoms with Crippen LogP contribution in [0.5, 0.6) is 0 Å². The Morgan fingerprint density at radius 2 is 1.61 bits per heavy atom. The molecule has 6 heteroatoms. The number of hydrogen-bond acceptors (Lipinski definition) is 4. The van der Waals surface area contributed by atoms with Gasteiger partial charge in [-0.15, -0.1) is 0 Å².